The molecule has 0 bridgehead atoms. The predicted molar refractivity (Wildman–Crippen MR) is 72.6 cm³/mol. The maximum Gasteiger partial charge on any atom is 0.178 e. The Kier molecular flexibility index (Phi) is 3.10. The Hall–Kier alpha value is -1.32. The van der Waals surface area contributed by atoms with Gasteiger partial charge in [0.25, 0.3) is 0 Å². The van der Waals surface area contributed by atoms with E-state index in [1.807, 2.05) is 36.4 Å². The van der Waals surface area contributed by atoms with Crippen LogP contribution in [0.25, 0.3) is 0 Å². The molecule has 0 aliphatic carbocycles. The van der Waals surface area contributed by atoms with E-state index in [1.54, 1.807) is 0 Å². The van der Waals surface area contributed by atoms with Gasteiger partial charge in [0.15, 0.2) is 11.9 Å². The first-order chi connectivity index (χ1) is 8.72. The molecule has 1 aliphatic heterocycles. The third-order valence-corrected chi connectivity index (χ3v) is 4.21. The standard InChI is InChI=1S/C14H11ClO2S/c15-14-6-5-10(18-14)8-11(16)13-7-9-3-1-2-4-12(9)17-13/h1-6,13H,7-8H2. The average molecular weight is 279 g/mol. The van der Waals surface area contributed by atoms with E-state index in [4.69, 9.17) is 16.3 Å². The summed E-state index contributed by atoms with van der Waals surface area (Å²) in [5.41, 5.74) is 1.11. The fourth-order valence-corrected chi connectivity index (χ4v) is 3.19. The molecule has 2 heterocycles. The van der Waals surface area contributed by atoms with Crippen molar-refractivity contribution in [1.82, 2.24) is 0 Å². The van der Waals surface area contributed by atoms with Crippen LogP contribution in [0, 0.1) is 0 Å². The lowest BCUT2D eigenvalue weighted by Gasteiger charge is -2.08. The molecular formula is C14H11ClO2S. The van der Waals surface area contributed by atoms with E-state index in [0.29, 0.717) is 17.2 Å². The molecule has 1 aromatic carbocycles. The minimum atomic E-state index is -0.344. The Morgan fingerprint density at radius 2 is 2.17 bits per heavy atom. The first-order valence-electron chi connectivity index (χ1n) is 5.74. The molecule has 0 radical (unpaired) electrons. The Bertz CT molecular complexity index is 566. The number of carbonyl (C=O) groups excluding carboxylic acids is 1. The van der Waals surface area contributed by atoms with Gasteiger partial charge in [-0.25, -0.2) is 0 Å². The maximum absolute atomic E-state index is 12.1. The summed E-state index contributed by atoms with van der Waals surface area (Å²) in [6, 6.07) is 11.5. The maximum atomic E-state index is 12.1. The monoisotopic (exact) mass is 278 g/mol. The summed E-state index contributed by atoms with van der Waals surface area (Å²) in [5.74, 6) is 0.949. The minimum absolute atomic E-state index is 0.115. The van der Waals surface area contributed by atoms with Gasteiger partial charge in [-0.1, -0.05) is 29.8 Å². The molecule has 1 atom stereocenters. The minimum Gasteiger partial charge on any atom is -0.482 e. The van der Waals surface area contributed by atoms with E-state index in [9.17, 15) is 4.79 Å². The highest BCUT2D eigenvalue weighted by Gasteiger charge is 2.28. The van der Waals surface area contributed by atoms with Gasteiger partial charge in [-0.05, 0) is 23.8 Å². The van der Waals surface area contributed by atoms with E-state index in [1.165, 1.54) is 11.3 Å². The third kappa shape index (κ3) is 2.28. The smallest absolute Gasteiger partial charge is 0.178 e. The highest BCUT2D eigenvalue weighted by molar-refractivity contribution is 7.16. The topological polar surface area (TPSA) is 26.3 Å². The highest BCUT2D eigenvalue weighted by atomic mass is 35.5. The zero-order chi connectivity index (χ0) is 12.5. The SMILES string of the molecule is O=C(Cc1ccc(Cl)s1)C1Cc2ccccc2O1. The number of ketones is 1. The molecular weight excluding hydrogens is 268 g/mol. The Morgan fingerprint density at radius 1 is 1.33 bits per heavy atom. The number of Topliss-reactive ketones (excluding diaryl/α,β-unsaturated/α-hetero) is 1. The van der Waals surface area contributed by atoms with Crippen molar-refractivity contribution in [1.29, 1.82) is 0 Å². The molecule has 3 rings (SSSR count). The van der Waals surface area contributed by atoms with Crippen LogP contribution in [-0.4, -0.2) is 11.9 Å². The molecule has 2 nitrogen and oxygen atoms in total. The van der Waals surface area contributed by atoms with Gasteiger partial charge in [-0.2, -0.15) is 0 Å². The van der Waals surface area contributed by atoms with Crippen LogP contribution in [0.2, 0.25) is 4.34 Å². The van der Waals surface area contributed by atoms with Crippen molar-refractivity contribution in [3.8, 4) is 5.75 Å². The van der Waals surface area contributed by atoms with Crippen LogP contribution in [0.15, 0.2) is 36.4 Å². The molecule has 18 heavy (non-hydrogen) atoms. The summed E-state index contributed by atoms with van der Waals surface area (Å²) in [4.78, 5) is 13.1. The van der Waals surface area contributed by atoms with Gasteiger partial charge in [0.05, 0.1) is 4.34 Å². The Morgan fingerprint density at radius 3 is 2.89 bits per heavy atom. The van der Waals surface area contributed by atoms with Crippen molar-refractivity contribution in [2.45, 2.75) is 18.9 Å². The second-order valence-electron chi connectivity index (χ2n) is 4.27. The Balaban J connectivity index is 1.69. The van der Waals surface area contributed by atoms with Crippen molar-refractivity contribution in [2.24, 2.45) is 0 Å². The van der Waals surface area contributed by atoms with Gasteiger partial charge in [-0.15, -0.1) is 11.3 Å². The van der Waals surface area contributed by atoms with Crippen molar-refractivity contribution in [2.75, 3.05) is 0 Å². The largest absolute Gasteiger partial charge is 0.482 e. The lowest BCUT2D eigenvalue weighted by Crippen LogP contribution is -2.26. The zero-order valence-corrected chi connectivity index (χ0v) is 11.1. The van der Waals surface area contributed by atoms with E-state index >= 15 is 0 Å². The molecule has 0 spiro atoms. The number of para-hydroxylation sites is 1. The fraction of sp³-hybridized carbons (Fsp3) is 0.214. The van der Waals surface area contributed by atoms with Gasteiger partial charge in [0.1, 0.15) is 5.75 Å². The number of ether oxygens (including phenoxy) is 1. The summed E-state index contributed by atoms with van der Waals surface area (Å²) in [7, 11) is 0. The molecule has 0 saturated carbocycles. The van der Waals surface area contributed by atoms with E-state index in [0.717, 1.165) is 16.2 Å². The Labute approximate surface area is 114 Å². The van der Waals surface area contributed by atoms with Crippen molar-refractivity contribution in [3.63, 3.8) is 0 Å². The third-order valence-electron chi connectivity index (χ3n) is 2.98. The number of hydrogen-bond donors (Lipinski definition) is 0. The van der Waals surface area contributed by atoms with Crippen LogP contribution in [0.4, 0.5) is 0 Å². The number of rotatable bonds is 3. The van der Waals surface area contributed by atoms with Crippen LogP contribution in [-0.2, 0) is 17.6 Å². The fourth-order valence-electron chi connectivity index (χ4n) is 2.09. The molecule has 4 heteroatoms. The number of hydrogen-bond acceptors (Lipinski definition) is 3. The molecule has 0 fully saturated rings. The van der Waals surface area contributed by atoms with Crippen molar-refractivity contribution in [3.05, 3.63) is 51.2 Å². The number of fused-ring (bicyclic) bond motifs is 1. The molecule has 0 amide bonds. The molecule has 1 unspecified atom stereocenters. The van der Waals surface area contributed by atoms with E-state index < -0.39 is 0 Å². The van der Waals surface area contributed by atoms with Crippen LogP contribution in [0.5, 0.6) is 5.75 Å². The van der Waals surface area contributed by atoms with E-state index in [2.05, 4.69) is 0 Å². The lowest BCUT2D eigenvalue weighted by molar-refractivity contribution is -0.124. The van der Waals surface area contributed by atoms with Gasteiger partial charge >= 0.3 is 0 Å². The number of thiophene rings is 1. The van der Waals surface area contributed by atoms with Crippen LogP contribution >= 0.6 is 22.9 Å². The van der Waals surface area contributed by atoms with Crippen molar-refractivity contribution >= 4 is 28.7 Å². The first-order valence-corrected chi connectivity index (χ1v) is 6.93. The molecule has 2 aromatic rings. The summed E-state index contributed by atoms with van der Waals surface area (Å²) < 4.78 is 6.39. The molecule has 0 N–H and O–H groups in total. The molecule has 1 aromatic heterocycles. The average Bonchev–Trinajstić information content (AvgIpc) is 2.95. The van der Waals surface area contributed by atoms with Crippen molar-refractivity contribution < 1.29 is 9.53 Å². The van der Waals surface area contributed by atoms with Crippen LogP contribution in [0.1, 0.15) is 10.4 Å². The summed E-state index contributed by atoms with van der Waals surface area (Å²) in [6.07, 6.45) is 0.729. The first kappa shape index (κ1) is 11.8. The number of halogens is 1. The summed E-state index contributed by atoms with van der Waals surface area (Å²) in [6.45, 7) is 0. The zero-order valence-electron chi connectivity index (χ0n) is 9.56. The quantitative estimate of drug-likeness (QED) is 0.859. The number of benzene rings is 1. The normalized spacial score (nSPS) is 17.3. The molecule has 92 valence electrons. The van der Waals surface area contributed by atoms with Gasteiger partial charge < -0.3 is 4.74 Å². The summed E-state index contributed by atoms with van der Waals surface area (Å²) >= 11 is 7.30. The summed E-state index contributed by atoms with van der Waals surface area (Å²) in [5, 5.41) is 0. The van der Waals surface area contributed by atoms with Crippen LogP contribution in [0.3, 0.4) is 0 Å². The van der Waals surface area contributed by atoms with Crippen LogP contribution < -0.4 is 4.74 Å². The highest BCUT2D eigenvalue weighted by Crippen LogP contribution is 2.29. The van der Waals surface area contributed by atoms with Gasteiger partial charge in [-0.3, -0.25) is 4.79 Å². The number of carbonyl (C=O) groups is 1. The second kappa shape index (κ2) is 4.75. The van der Waals surface area contributed by atoms with Gasteiger partial charge in [0, 0.05) is 17.7 Å². The van der Waals surface area contributed by atoms with E-state index in [-0.39, 0.29) is 11.9 Å². The lowest BCUT2D eigenvalue weighted by atomic mass is 10.1. The molecule has 0 saturated heterocycles. The predicted octanol–water partition coefficient (Wildman–Crippen LogP) is 3.52. The second-order valence-corrected chi connectivity index (χ2v) is 6.07. The molecule has 1 aliphatic rings. The van der Waals surface area contributed by atoms with Gasteiger partial charge in [0.2, 0.25) is 0 Å².